The molecule has 3 nitrogen and oxygen atoms in total. The number of aromatic nitrogens is 1. The van der Waals surface area contributed by atoms with E-state index in [-0.39, 0.29) is 5.54 Å². The number of pyridine rings is 1. The first kappa shape index (κ1) is 16.3. The Hall–Kier alpha value is -1.09. The van der Waals surface area contributed by atoms with Crippen LogP contribution in [0.3, 0.4) is 0 Å². The zero-order valence-electron chi connectivity index (χ0n) is 14.0. The van der Waals surface area contributed by atoms with Gasteiger partial charge in [0.25, 0.3) is 0 Å². The van der Waals surface area contributed by atoms with E-state index >= 15 is 0 Å². The van der Waals surface area contributed by atoms with Gasteiger partial charge in [-0.1, -0.05) is 27.2 Å². The predicted octanol–water partition coefficient (Wildman–Crippen LogP) is 4.26. The fraction of sp³-hybridized carbons (Fsp3) is 0.722. The lowest BCUT2D eigenvalue weighted by Gasteiger charge is -2.31. The SMILES string of the molecule is CCOc1cncc(C2(N)CCCC(C(C)(C)C)CC2)c1. The van der Waals surface area contributed by atoms with Crippen LogP contribution in [-0.4, -0.2) is 11.6 Å². The topological polar surface area (TPSA) is 48.1 Å². The average molecular weight is 290 g/mol. The van der Waals surface area contributed by atoms with Gasteiger partial charge in [-0.2, -0.15) is 0 Å². The van der Waals surface area contributed by atoms with Crippen LogP contribution >= 0.6 is 0 Å². The number of nitrogens with two attached hydrogens (primary N) is 1. The quantitative estimate of drug-likeness (QED) is 0.846. The minimum atomic E-state index is -0.250. The van der Waals surface area contributed by atoms with E-state index in [2.05, 4.69) is 31.8 Å². The number of hydrogen-bond acceptors (Lipinski definition) is 3. The second-order valence-corrected chi connectivity index (χ2v) is 7.49. The third kappa shape index (κ3) is 3.97. The van der Waals surface area contributed by atoms with Crippen LogP contribution < -0.4 is 10.5 Å². The number of ether oxygens (including phenoxy) is 1. The Morgan fingerprint density at radius 2 is 2.05 bits per heavy atom. The largest absolute Gasteiger partial charge is 0.492 e. The van der Waals surface area contributed by atoms with Gasteiger partial charge in [-0.3, -0.25) is 4.98 Å². The maximum absolute atomic E-state index is 6.76. The van der Waals surface area contributed by atoms with Crippen molar-refractivity contribution in [3.63, 3.8) is 0 Å². The average Bonchev–Trinajstić information content (AvgIpc) is 2.62. The molecule has 3 heteroatoms. The molecule has 0 spiro atoms. The summed E-state index contributed by atoms with van der Waals surface area (Å²) in [5.41, 5.74) is 8.00. The van der Waals surface area contributed by atoms with E-state index in [4.69, 9.17) is 10.5 Å². The summed E-state index contributed by atoms with van der Waals surface area (Å²) in [6.45, 7) is 9.69. The Bertz CT molecular complexity index is 467. The Labute approximate surface area is 129 Å². The highest BCUT2D eigenvalue weighted by Gasteiger charge is 2.35. The lowest BCUT2D eigenvalue weighted by Crippen LogP contribution is -2.36. The van der Waals surface area contributed by atoms with Crippen LogP contribution in [0.25, 0.3) is 0 Å². The predicted molar refractivity (Wildman–Crippen MR) is 87.3 cm³/mol. The van der Waals surface area contributed by atoms with Gasteiger partial charge in [0.2, 0.25) is 0 Å². The van der Waals surface area contributed by atoms with E-state index in [1.54, 1.807) is 6.20 Å². The van der Waals surface area contributed by atoms with Crippen molar-refractivity contribution in [3.8, 4) is 5.75 Å². The molecular weight excluding hydrogens is 260 g/mol. The van der Waals surface area contributed by atoms with Crippen LogP contribution in [0.4, 0.5) is 0 Å². The summed E-state index contributed by atoms with van der Waals surface area (Å²) in [6, 6.07) is 2.08. The molecule has 0 bridgehead atoms. The zero-order valence-corrected chi connectivity index (χ0v) is 14.0. The molecule has 2 unspecified atom stereocenters. The van der Waals surface area contributed by atoms with Crippen molar-refractivity contribution in [2.75, 3.05) is 6.61 Å². The maximum Gasteiger partial charge on any atom is 0.137 e. The molecule has 2 rings (SSSR count). The van der Waals surface area contributed by atoms with Gasteiger partial charge in [0.05, 0.1) is 12.8 Å². The van der Waals surface area contributed by atoms with Gasteiger partial charge in [0.1, 0.15) is 5.75 Å². The van der Waals surface area contributed by atoms with E-state index in [1.165, 1.54) is 19.3 Å². The van der Waals surface area contributed by atoms with Gasteiger partial charge in [-0.05, 0) is 55.6 Å². The van der Waals surface area contributed by atoms with Crippen molar-refractivity contribution in [2.24, 2.45) is 17.1 Å². The molecule has 2 atom stereocenters. The van der Waals surface area contributed by atoms with Gasteiger partial charge in [0.15, 0.2) is 0 Å². The van der Waals surface area contributed by atoms with Gasteiger partial charge in [-0.25, -0.2) is 0 Å². The van der Waals surface area contributed by atoms with E-state index in [9.17, 15) is 0 Å². The van der Waals surface area contributed by atoms with Crippen molar-refractivity contribution in [3.05, 3.63) is 24.0 Å². The van der Waals surface area contributed by atoms with Crippen molar-refractivity contribution in [1.82, 2.24) is 4.98 Å². The molecule has 21 heavy (non-hydrogen) atoms. The van der Waals surface area contributed by atoms with Crippen LogP contribution in [0.1, 0.15) is 65.4 Å². The van der Waals surface area contributed by atoms with Crippen molar-refractivity contribution >= 4 is 0 Å². The molecule has 0 aliphatic heterocycles. The Morgan fingerprint density at radius 3 is 2.71 bits per heavy atom. The Balaban J connectivity index is 2.16. The van der Waals surface area contributed by atoms with Crippen LogP contribution in [0.2, 0.25) is 0 Å². The minimum Gasteiger partial charge on any atom is -0.492 e. The Morgan fingerprint density at radius 1 is 1.29 bits per heavy atom. The van der Waals surface area contributed by atoms with E-state index in [0.29, 0.717) is 12.0 Å². The number of nitrogens with zero attached hydrogens (tertiary/aromatic N) is 1. The summed E-state index contributed by atoms with van der Waals surface area (Å²) < 4.78 is 5.57. The van der Waals surface area contributed by atoms with Gasteiger partial charge in [-0.15, -0.1) is 0 Å². The molecule has 1 fully saturated rings. The summed E-state index contributed by atoms with van der Waals surface area (Å²) in [7, 11) is 0. The smallest absolute Gasteiger partial charge is 0.137 e. The highest BCUT2D eigenvalue weighted by molar-refractivity contribution is 5.29. The minimum absolute atomic E-state index is 0.250. The normalized spacial score (nSPS) is 27.2. The first-order valence-corrected chi connectivity index (χ1v) is 8.22. The summed E-state index contributed by atoms with van der Waals surface area (Å²) in [5.74, 6) is 1.59. The standard InChI is InChI=1S/C18H30N2O/c1-5-21-16-11-15(12-20-13-16)18(19)9-6-7-14(8-10-18)17(2,3)4/h11-14H,5-10,19H2,1-4H3. The molecule has 1 heterocycles. The van der Waals surface area contributed by atoms with Gasteiger partial charge < -0.3 is 10.5 Å². The van der Waals surface area contributed by atoms with Crippen molar-refractivity contribution in [2.45, 2.75) is 65.3 Å². The molecule has 0 saturated heterocycles. The van der Waals surface area contributed by atoms with E-state index in [1.807, 2.05) is 13.1 Å². The van der Waals surface area contributed by atoms with Gasteiger partial charge >= 0.3 is 0 Å². The van der Waals surface area contributed by atoms with Crippen LogP contribution in [0.5, 0.6) is 5.75 Å². The lowest BCUT2D eigenvalue weighted by molar-refractivity contribution is 0.210. The molecule has 0 aromatic carbocycles. The summed E-state index contributed by atoms with van der Waals surface area (Å²) in [4.78, 5) is 4.32. The fourth-order valence-corrected chi connectivity index (χ4v) is 3.46. The van der Waals surface area contributed by atoms with Crippen molar-refractivity contribution in [1.29, 1.82) is 0 Å². The summed E-state index contributed by atoms with van der Waals surface area (Å²) >= 11 is 0. The molecule has 1 aliphatic carbocycles. The van der Waals surface area contributed by atoms with Crippen LogP contribution in [-0.2, 0) is 5.54 Å². The molecule has 1 aromatic heterocycles. The number of hydrogen-bond donors (Lipinski definition) is 1. The van der Waals surface area contributed by atoms with Crippen molar-refractivity contribution < 1.29 is 4.74 Å². The third-order valence-corrected chi connectivity index (χ3v) is 4.94. The highest BCUT2D eigenvalue weighted by atomic mass is 16.5. The zero-order chi connectivity index (χ0) is 15.5. The molecule has 0 amide bonds. The Kier molecular flexibility index (Phi) is 4.92. The molecule has 1 aliphatic rings. The second kappa shape index (κ2) is 6.35. The van der Waals surface area contributed by atoms with Crippen LogP contribution in [0, 0.1) is 11.3 Å². The molecule has 2 N–H and O–H groups in total. The monoisotopic (exact) mass is 290 g/mol. The second-order valence-electron chi connectivity index (χ2n) is 7.49. The molecule has 1 saturated carbocycles. The molecule has 0 radical (unpaired) electrons. The van der Waals surface area contributed by atoms with Gasteiger partial charge in [0, 0.05) is 11.7 Å². The first-order chi connectivity index (χ1) is 9.85. The number of rotatable bonds is 3. The fourth-order valence-electron chi connectivity index (χ4n) is 3.46. The maximum atomic E-state index is 6.76. The highest BCUT2D eigenvalue weighted by Crippen LogP contribution is 2.42. The van der Waals surface area contributed by atoms with E-state index < -0.39 is 0 Å². The first-order valence-electron chi connectivity index (χ1n) is 8.22. The molecule has 1 aromatic rings. The van der Waals surface area contributed by atoms with Crippen LogP contribution in [0.15, 0.2) is 18.5 Å². The molecule has 118 valence electrons. The molecular formula is C18H30N2O. The van der Waals surface area contributed by atoms with E-state index in [0.717, 1.165) is 30.1 Å². The lowest BCUT2D eigenvalue weighted by atomic mass is 9.76. The summed E-state index contributed by atoms with van der Waals surface area (Å²) in [6.07, 6.45) is 9.42. The summed E-state index contributed by atoms with van der Waals surface area (Å²) in [5, 5.41) is 0. The third-order valence-electron chi connectivity index (χ3n) is 4.94.